The monoisotopic (exact) mass is 384 g/mol. The molecule has 5 nitrogen and oxygen atoms in total. The van der Waals surface area contributed by atoms with Crippen LogP contribution in [0.3, 0.4) is 0 Å². The first kappa shape index (κ1) is 18.6. The van der Waals surface area contributed by atoms with E-state index < -0.39 is 0 Å². The highest BCUT2D eigenvalue weighted by Gasteiger charge is 2.28. The van der Waals surface area contributed by atoms with Crippen molar-refractivity contribution in [3.05, 3.63) is 117 Å². The van der Waals surface area contributed by atoms with Crippen molar-refractivity contribution in [2.45, 2.75) is 19.4 Å². The Morgan fingerprint density at radius 2 is 1.59 bits per heavy atom. The fraction of sp³-hybridized carbons (Fsp3) is 0.125. The molecule has 0 aliphatic carbocycles. The number of benzene rings is 3. The lowest BCUT2D eigenvalue weighted by Gasteiger charge is -2.27. The van der Waals surface area contributed by atoms with Gasteiger partial charge in [-0.1, -0.05) is 67.6 Å². The number of nitrogens with zero attached hydrogens (tertiary/aromatic N) is 2. The van der Waals surface area contributed by atoms with Crippen molar-refractivity contribution in [1.82, 2.24) is 0 Å². The molecule has 0 saturated carbocycles. The summed E-state index contributed by atoms with van der Waals surface area (Å²) in [6.07, 6.45) is 0.711. The van der Waals surface area contributed by atoms with E-state index in [1.54, 1.807) is 12.1 Å². The first-order valence-electron chi connectivity index (χ1n) is 9.51. The zero-order valence-electron chi connectivity index (χ0n) is 16.0. The molecule has 3 aromatic carbocycles. The van der Waals surface area contributed by atoms with E-state index in [1.165, 1.54) is 6.07 Å². The highest BCUT2D eigenvalue weighted by Crippen LogP contribution is 2.40. The highest BCUT2D eigenvalue weighted by atomic mass is 16.6. The van der Waals surface area contributed by atoms with Crippen LogP contribution in [0.4, 0.5) is 5.69 Å². The second-order valence-corrected chi connectivity index (χ2v) is 6.73. The molecule has 0 aromatic heterocycles. The van der Waals surface area contributed by atoms with E-state index in [2.05, 4.69) is 6.92 Å². The topological polar surface area (TPSA) is 64.7 Å². The second-order valence-electron chi connectivity index (χ2n) is 6.73. The Balaban J connectivity index is 1.89. The summed E-state index contributed by atoms with van der Waals surface area (Å²) in [7, 11) is 0. The van der Waals surface area contributed by atoms with Crippen LogP contribution in [0.1, 0.15) is 36.1 Å². The van der Waals surface area contributed by atoms with Crippen molar-refractivity contribution >= 4 is 17.3 Å². The summed E-state index contributed by atoms with van der Waals surface area (Å²) in [6.45, 7) is 2.05. The Morgan fingerprint density at radius 3 is 2.21 bits per heavy atom. The Bertz CT molecular complexity index is 1090. The van der Waals surface area contributed by atoms with Gasteiger partial charge in [0.2, 0.25) is 5.90 Å². The summed E-state index contributed by atoms with van der Waals surface area (Å²) in [5.74, 6) is 1.27. The van der Waals surface area contributed by atoms with Gasteiger partial charge in [-0.25, -0.2) is 4.99 Å². The van der Waals surface area contributed by atoms with E-state index in [0.29, 0.717) is 12.3 Å². The molecule has 1 aliphatic rings. The Hall–Kier alpha value is -3.73. The van der Waals surface area contributed by atoms with Gasteiger partial charge in [-0.05, 0) is 24.1 Å². The number of hydrogen-bond donors (Lipinski definition) is 0. The third-order valence-electron chi connectivity index (χ3n) is 4.90. The van der Waals surface area contributed by atoms with Crippen molar-refractivity contribution in [1.29, 1.82) is 0 Å². The first-order chi connectivity index (χ1) is 14.2. The lowest BCUT2D eigenvalue weighted by atomic mass is 9.92. The molecule has 0 N–H and O–H groups in total. The van der Waals surface area contributed by atoms with Crippen molar-refractivity contribution < 1.29 is 9.66 Å². The quantitative estimate of drug-likeness (QED) is 0.404. The van der Waals surface area contributed by atoms with Gasteiger partial charge in [-0.3, -0.25) is 10.1 Å². The summed E-state index contributed by atoms with van der Waals surface area (Å²) < 4.78 is 6.29. The van der Waals surface area contributed by atoms with Gasteiger partial charge in [0.25, 0.3) is 5.69 Å². The van der Waals surface area contributed by atoms with Crippen molar-refractivity contribution in [3.63, 3.8) is 0 Å². The minimum absolute atomic E-state index is 0.0576. The Labute approximate surface area is 169 Å². The summed E-state index contributed by atoms with van der Waals surface area (Å²) in [4.78, 5) is 15.8. The van der Waals surface area contributed by atoms with E-state index in [-0.39, 0.29) is 16.7 Å². The molecule has 0 bridgehead atoms. The van der Waals surface area contributed by atoms with Crippen LogP contribution in [-0.2, 0) is 4.74 Å². The molecule has 1 aliphatic heterocycles. The molecule has 5 heteroatoms. The number of aliphatic imine (C=N–C) groups is 1. The number of nitro benzene ring substituents is 1. The molecule has 0 saturated heterocycles. The standard InChI is InChI=1S/C24H20N2O3/c1-2-21-22(19-14-9-15-20(16-19)26(27)28)25-24(18-12-7-4-8-13-18)29-23(21)17-10-5-3-6-11-17/h3-16,22H,2H2,1H3. The van der Waals surface area contributed by atoms with Gasteiger partial charge < -0.3 is 4.74 Å². The Kier molecular flexibility index (Phi) is 5.20. The van der Waals surface area contributed by atoms with Gasteiger partial charge in [0.05, 0.1) is 4.92 Å². The maximum atomic E-state index is 11.3. The number of rotatable bonds is 5. The molecule has 0 spiro atoms. The van der Waals surface area contributed by atoms with Crippen LogP contribution in [-0.4, -0.2) is 10.8 Å². The SMILES string of the molecule is CCC1=C(c2ccccc2)OC(c2ccccc2)=NC1c1cccc([N+](=O)[O-])c1. The average molecular weight is 384 g/mol. The van der Waals surface area contributed by atoms with Gasteiger partial charge in [0.15, 0.2) is 0 Å². The van der Waals surface area contributed by atoms with E-state index in [1.807, 2.05) is 66.7 Å². The van der Waals surface area contributed by atoms with Crippen LogP contribution in [0.25, 0.3) is 5.76 Å². The van der Waals surface area contributed by atoms with E-state index in [0.717, 1.165) is 28.0 Å². The first-order valence-corrected chi connectivity index (χ1v) is 9.51. The summed E-state index contributed by atoms with van der Waals surface area (Å²) in [6, 6.07) is 25.9. The predicted octanol–water partition coefficient (Wildman–Crippen LogP) is 5.93. The van der Waals surface area contributed by atoms with E-state index >= 15 is 0 Å². The van der Waals surface area contributed by atoms with Crippen LogP contribution in [0.15, 0.2) is 95.5 Å². The molecule has 144 valence electrons. The zero-order valence-corrected chi connectivity index (χ0v) is 16.0. The predicted molar refractivity (Wildman–Crippen MR) is 114 cm³/mol. The second kappa shape index (κ2) is 8.10. The molecule has 3 aromatic rings. The Morgan fingerprint density at radius 1 is 0.931 bits per heavy atom. The number of hydrogen-bond acceptors (Lipinski definition) is 4. The molecule has 0 amide bonds. The lowest BCUT2D eigenvalue weighted by molar-refractivity contribution is -0.384. The largest absolute Gasteiger partial charge is 0.438 e. The fourth-order valence-corrected chi connectivity index (χ4v) is 3.49. The molecular weight excluding hydrogens is 364 g/mol. The summed E-state index contributed by atoms with van der Waals surface area (Å²) >= 11 is 0. The van der Waals surface area contributed by atoms with E-state index in [9.17, 15) is 10.1 Å². The van der Waals surface area contributed by atoms with Crippen molar-refractivity contribution in [2.24, 2.45) is 4.99 Å². The number of non-ortho nitro benzene ring substituents is 1. The molecule has 29 heavy (non-hydrogen) atoms. The van der Waals surface area contributed by atoms with Crippen molar-refractivity contribution in [2.75, 3.05) is 0 Å². The molecule has 1 unspecified atom stereocenters. The minimum atomic E-state index is -0.377. The molecule has 0 fully saturated rings. The molecule has 4 rings (SSSR count). The van der Waals surface area contributed by atoms with Crippen LogP contribution < -0.4 is 0 Å². The van der Waals surface area contributed by atoms with E-state index in [4.69, 9.17) is 9.73 Å². The average Bonchev–Trinajstić information content (AvgIpc) is 2.79. The van der Waals surface area contributed by atoms with Gasteiger partial charge in [-0.15, -0.1) is 0 Å². The molecular formula is C24H20N2O3. The van der Waals surface area contributed by atoms with Crippen LogP contribution >= 0.6 is 0 Å². The fourth-order valence-electron chi connectivity index (χ4n) is 3.49. The maximum absolute atomic E-state index is 11.3. The normalized spacial score (nSPS) is 16.2. The van der Waals surface area contributed by atoms with Crippen molar-refractivity contribution in [3.8, 4) is 0 Å². The highest BCUT2D eigenvalue weighted by molar-refractivity contribution is 5.99. The molecule has 0 radical (unpaired) electrons. The summed E-state index contributed by atoms with van der Waals surface area (Å²) in [5, 5.41) is 11.3. The van der Waals surface area contributed by atoms with Gasteiger partial charge in [-0.2, -0.15) is 0 Å². The smallest absolute Gasteiger partial charge is 0.269 e. The third-order valence-corrected chi connectivity index (χ3v) is 4.90. The van der Waals surface area contributed by atoms with Gasteiger partial charge >= 0.3 is 0 Å². The number of nitro groups is 1. The molecule has 1 atom stereocenters. The van der Waals surface area contributed by atoms with Crippen LogP contribution in [0.2, 0.25) is 0 Å². The minimum Gasteiger partial charge on any atom is -0.438 e. The maximum Gasteiger partial charge on any atom is 0.269 e. The zero-order chi connectivity index (χ0) is 20.2. The lowest BCUT2D eigenvalue weighted by Crippen LogP contribution is -2.18. The summed E-state index contributed by atoms with van der Waals surface area (Å²) in [5.41, 5.74) is 3.66. The van der Waals surface area contributed by atoms with Crippen LogP contribution in [0.5, 0.6) is 0 Å². The number of ether oxygens (including phenoxy) is 1. The van der Waals surface area contributed by atoms with Gasteiger partial charge in [0, 0.05) is 28.8 Å². The molecule has 1 heterocycles. The third kappa shape index (κ3) is 3.80. The van der Waals surface area contributed by atoms with Crippen LogP contribution in [0, 0.1) is 10.1 Å². The van der Waals surface area contributed by atoms with Gasteiger partial charge in [0.1, 0.15) is 11.8 Å².